The number of rotatable bonds is 8. The van der Waals surface area contributed by atoms with Crippen molar-refractivity contribution < 1.29 is 41.1 Å². The number of carbonyl (C=O) groups is 1. The number of hydrogen-bond donors (Lipinski definition) is 2. The lowest BCUT2D eigenvalue weighted by Gasteiger charge is -2.40. The zero-order chi connectivity index (χ0) is 26.7. The number of nitrogens with one attached hydrogen (secondary N) is 1. The number of morpholine rings is 1. The predicted octanol–water partition coefficient (Wildman–Crippen LogP) is 3.25. The highest BCUT2D eigenvalue weighted by atomic mass is 32.2. The number of benzene rings is 2. The van der Waals surface area contributed by atoms with Gasteiger partial charge in [-0.1, -0.05) is 0 Å². The van der Waals surface area contributed by atoms with E-state index in [0.29, 0.717) is 13.1 Å². The molecule has 198 valence electrons. The summed E-state index contributed by atoms with van der Waals surface area (Å²) in [6.45, 7) is 4.12. The van der Waals surface area contributed by atoms with Gasteiger partial charge in [0.25, 0.3) is 5.91 Å². The third kappa shape index (κ3) is 7.09. The van der Waals surface area contributed by atoms with Crippen LogP contribution >= 0.6 is 0 Å². The molecule has 0 bridgehead atoms. The van der Waals surface area contributed by atoms with Crippen LogP contribution in [0.1, 0.15) is 19.4 Å². The summed E-state index contributed by atoms with van der Waals surface area (Å²) in [5.41, 5.74) is 1.05. The van der Waals surface area contributed by atoms with Crippen LogP contribution in [0.5, 0.6) is 11.5 Å². The molecule has 1 saturated heterocycles. The van der Waals surface area contributed by atoms with Crippen LogP contribution in [-0.2, 0) is 25.7 Å². The van der Waals surface area contributed by atoms with Gasteiger partial charge in [-0.2, -0.15) is 13.2 Å². The minimum atomic E-state index is -4.46. The Hall–Kier alpha value is -2.87. The molecule has 2 aromatic carbocycles. The molecule has 1 aliphatic rings. The normalized spacial score (nSPS) is 20.0. The van der Waals surface area contributed by atoms with Crippen molar-refractivity contribution in [1.82, 2.24) is 10.4 Å². The third-order valence-corrected chi connectivity index (χ3v) is 6.74. The molecule has 0 spiro atoms. The first kappa shape index (κ1) is 27.7. The van der Waals surface area contributed by atoms with Crippen molar-refractivity contribution in [2.45, 2.75) is 38.3 Å². The lowest BCUT2D eigenvalue weighted by Crippen LogP contribution is -2.58. The van der Waals surface area contributed by atoms with E-state index in [2.05, 4.69) is 0 Å². The van der Waals surface area contributed by atoms with Gasteiger partial charge in [0.1, 0.15) is 17.5 Å². The molecule has 2 unspecified atom stereocenters. The zero-order valence-electron chi connectivity index (χ0n) is 19.9. The highest BCUT2D eigenvalue weighted by molar-refractivity contribution is 7.92. The lowest BCUT2D eigenvalue weighted by atomic mass is 10.1. The van der Waals surface area contributed by atoms with Gasteiger partial charge in [0.2, 0.25) is 10.0 Å². The number of ether oxygens (including phenoxy) is 2. The predicted molar refractivity (Wildman–Crippen MR) is 125 cm³/mol. The summed E-state index contributed by atoms with van der Waals surface area (Å²) in [6.07, 6.45) is -3.86. The smallest absolute Gasteiger partial charge is 0.416 e. The average Bonchev–Trinajstić information content (AvgIpc) is 2.78. The van der Waals surface area contributed by atoms with Crippen molar-refractivity contribution in [1.29, 1.82) is 0 Å². The van der Waals surface area contributed by atoms with Crippen LogP contribution in [0, 0.1) is 0 Å². The Balaban J connectivity index is 1.81. The zero-order valence-corrected chi connectivity index (χ0v) is 20.7. The van der Waals surface area contributed by atoms with E-state index >= 15 is 0 Å². The molecule has 0 aliphatic carbocycles. The van der Waals surface area contributed by atoms with E-state index < -0.39 is 33.7 Å². The van der Waals surface area contributed by atoms with E-state index in [1.165, 1.54) is 36.4 Å². The van der Waals surface area contributed by atoms with Gasteiger partial charge in [-0.25, -0.2) is 13.9 Å². The van der Waals surface area contributed by atoms with Crippen molar-refractivity contribution in [3.63, 3.8) is 0 Å². The summed E-state index contributed by atoms with van der Waals surface area (Å²) >= 11 is 0. The van der Waals surface area contributed by atoms with Crippen molar-refractivity contribution in [2.75, 3.05) is 30.2 Å². The van der Waals surface area contributed by atoms with Gasteiger partial charge < -0.3 is 9.47 Å². The van der Waals surface area contributed by atoms with Gasteiger partial charge in [-0.05, 0) is 62.4 Å². The number of carbonyl (C=O) groups excluding carboxylic acids is 1. The van der Waals surface area contributed by atoms with Crippen molar-refractivity contribution in [2.24, 2.45) is 0 Å². The summed E-state index contributed by atoms with van der Waals surface area (Å²) < 4.78 is 75.8. The molecule has 3 rings (SSSR count). The summed E-state index contributed by atoms with van der Waals surface area (Å²) in [6, 6.07) is 9.00. The third-order valence-electron chi connectivity index (χ3n) is 5.58. The number of anilines is 1. The molecule has 1 aliphatic heterocycles. The molecular formula is C23H28F3N3O6S. The molecule has 1 amide bonds. The summed E-state index contributed by atoms with van der Waals surface area (Å²) in [5.74, 6) is -0.314. The monoisotopic (exact) mass is 531 g/mol. The Morgan fingerprint density at radius 1 is 1.11 bits per heavy atom. The Bertz CT molecular complexity index is 1130. The second-order valence-electron chi connectivity index (χ2n) is 8.62. The Morgan fingerprint density at radius 3 is 2.06 bits per heavy atom. The van der Waals surface area contributed by atoms with Crippen LogP contribution in [0.3, 0.4) is 0 Å². The number of hydrogen-bond acceptors (Lipinski definition) is 7. The molecule has 2 aromatic rings. The minimum absolute atomic E-state index is 0.172. The van der Waals surface area contributed by atoms with E-state index in [-0.39, 0.29) is 35.9 Å². The van der Waals surface area contributed by atoms with Crippen molar-refractivity contribution >= 4 is 21.6 Å². The molecule has 2 N–H and O–H groups in total. The Labute approximate surface area is 207 Å². The van der Waals surface area contributed by atoms with Crippen LogP contribution in [-0.4, -0.2) is 68.6 Å². The van der Waals surface area contributed by atoms with Gasteiger partial charge in [-0.3, -0.25) is 19.2 Å². The molecule has 9 nitrogen and oxygen atoms in total. The fourth-order valence-corrected chi connectivity index (χ4v) is 4.95. The Morgan fingerprint density at radius 2 is 1.61 bits per heavy atom. The first-order chi connectivity index (χ1) is 16.8. The molecule has 1 fully saturated rings. The van der Waals surface area contributed by atoms with Crippen LogP contribution in [0.2, 0.25) is 0 Å². The van der Waals surface area contributed by atoms with Crippen molar-refractivity contribution in [3.05, 3.63) is 54.1 Å². The van der Waals surface area contributed by atoms with Gasteiger partial charge in [0, 0.05) is 13.1 Å². The number of hydroxylamine groups is 1. The first-order valence-corrected chi connectivity index (χ1v) is 12.9. The molecule has 0 saturated carbocycles. The molecule has 1 heterocycles. The maximum atomic E-state index is 12.7. The largest absolute Gasteiger partial charge is 0.457 e. The number of nitrogens with zero attached hydrogens (tertiary/aromatic N) is 2. The van der Waals surface area contributed by atoms with E-state index in [1.807, 2.05) is 13.8 Å². The summed E-state index contributed by atoms with van der Waals surface area (Å²) in [5, 5.41) is 9.29. The topological polar surface area (TPSA) is 108 Å². The van der Waals surface area contributed by atoms with E-state index in [1.54, 1.807) is 10.4 Å². The SMILES string of the molecule is CC1CN([C@@H](CN(c2ccc(Oc3ccc(C(F)(F)F)cc3)cc2)S(C)(=O)=O)C(=O)NO)CC(C)O1. The van der Waals surface area contributed by atoms with Crippen molar-refractivity contribution in [3.8, 4) is 11.5 Å². The van der Waals surface area contributed by atoms with Gasteiger partial charge in [0.15, 0.2) is 0 Å². The number of sulfonamides is 1. The second-order valence-corrected chi connectivity index (χ2v) is 10.5. The highest BCUT2D eigenvalue weighted by Gasteiger charge is 2.35. The van der Waals surface area contributed by atoms with Crippen LogP contribution in [0.25, 0.3) is 0 Å². The fraction of sp³-hybridized carbons (Fsp3) is 0.435. The molecule has 3 atom stereocenters. The van der Waals surface area contributed by atoms with Crippen LogP contribution in [0.4, 0.5) is 18.9 Å². The van der Waals surface area contributed by atoms with E-state index in [4.69, 9.17) is 9.47 Å². The fourth-order valence-electron chi connectivity index (χ4n) is 4.03. The number of halogens is 3. The quantitative estimate of drug-likeness (QED) is 0.398. The van der Waals surface area contributed by atoms with Crippen LogP contribution < -0.4 is 14.5 Å². The summed E-state index contributed by atoms with van der Waals surface area (Å²) in [7, 11) is -3.84. The minimum Gasteiger partial charge on any atom is -0.457 e. The van der Waals surface area contributed by atoms with Gasteiger partial charge in [-0.15, -0.1) is 0 Å². The standard InChI is InChI=1S/C23H28F3N3O6S/c1-15-12-28(13-16(2)34-15)21(22(30)27-31)14-29(36(3,32)33)18-6-10-20(11-7-18)35-19-8-4-17(5-9-19)23(24,25)26/h4-11,15-16,21,31H,12-14H2,1-3H3,(H,27,30)/t15?,16?,21-/m0/s1. The first-order valence-electron chi connectivity index (χ1n) is 11.0. The maximum Gasteiger partial charge on any atom is 0.416 e. The number of amides is 1. The van der Waals surface area contributed by atoms with Gasteiger partial charge >= 0.3 is 6.18 Å². The number of alkyl halides is 3. The average molecular weight is 532 g/mol. The van der Waals surface area contributed by atoms with Crippen LogP contribution in [0.15, 0.2) is 48.5 Å². The Kier molecular flexibility index (Phi) is 8.49. The molecule has 13 heteroatoms. The van der Waals surface area contributed by atoms with E-state index in [9.17, 15) is 31.6 Å². The molecule has 0 aromatic heterocycles. The molecule has 36 heavy (non-hydrogen) atoms. The highest BCUT2D eigenvalue weighted by Crippen LogP contribution is 2.32. The van der Waals surface area contributed by atoms with Gasteiger partial charge in [0.05, 0.1) is 36.3 Å². The lowest BCUT2D eigenvalue weighted by molar-refractivity contribution is -0.140. The second kappa shape index (κ2) is 11.0. The maximum absolute atomic E-state index is 12.7. The molecular weight excluding hydrogens is 503 g/mol. The molecule has 0 radical (unpaired) electrons. The summed E-state index contributed by atoms with van der Waals surface area (Å²) in [4.78, 5) is 14.3. The van der Waals surface area contributed by atoms with E-state index in [0.717, 1.165) is 22.7 Å².